The number of hydrogen-bond acceptors (Lipinski definition) is 0. The quantitative estimate of drug-likeness (QED) is 0.645. The average molecular weight is 270 g/mol. The molecule has 1 fully saturated rings. The number of rotatable bonds is 1. The van der Waals surface area contributed by atoms with Crippen LogP contribution in [0.2, 0.25) is 0 Å². The fourth-order valence-electron chi connectivity index (χ4n) is 3.75. The molecule has 4 rings (SSSR count). The van der Waals surface area contributed by atoms with Gasteiger partial charge in [-0.15, -0.1) is 0 Å². The molecular formula is C21H18. The molecule has 0 aliphatic heterocycles. The minimum atomic E-state index is 0.0852. The van der Waals surface area contributed by atoms with Gasteiger partial charge in [0.1, 0.15) is 0 Å². The summed E-state index contributed by atoms with van der Waals surface area (Å²) in [5.74, 6) is 7.77. The van der Waals surface area contributed by atoms with Crippen LogP contribution in [0.5, 0.6) is 0 Å². The Morgan fingerprint density at radius 1 is 0.905 bits per heavy atom. The second-order valence-corrected chi connectivity index (χ2v) is 6.15. The predicted octanol–water partition coefficient (Wildman–Crippen LogP) is 4.92. The molecule has 0 heterocycles. The van der Waals surface area contributed by atoms with Crippen molar-refractivity contribution in [1.29, 1.82) is 0 Å². The molecule has 0 aromatic heterocycles. The van der Waals surface area contributed by atoms with E-state index in [0.29, 0.717) is 0 Å². The highest BCUT2D eigenvalue weighted by molar-refractivity contribution is 5.77. The van der Waals surface area contributed by atoms with Gasteiger partial charge < -0.3 is 0 Å². The lowest BCUT2D eigenvalue weighted by atomic mass is 9.77. The molecule has 2 aromatic rings. The molecule has 0 saturated heterocycles. The Labute approximate surface area is 126 Å². The number of fused-ring (bicyclic) bond motifs is 2. The van der Waals surface area contributed by atoms with Gasteiger partial charge in [0.05, 0.1) is 5.41 Å². The molecular weight excluding hydrogens is 252 g/mol. The van der Waals surface area contributed by atoms with E-state index in [4.69, 9.17) is 0 Å². The van der Waals surface area contributed by atoms with E-state index in [1.54, 1.807) is 0 Å². The first-order valence-corrected chi connectivity index (χ1v) is 7.72. The lowest BCUT2D eigenvalue weighted by Gasteiger charge is -2.24. The summed E-state index contributed by atoms with van der Waals surface area (Å²) in [4.78, 5) is 0. The summed E-state index contributed by atoms with van der Waals surface area (Å²) in [7, 11) is 0. The van der Waals surface area contributed by atoms with E-state index in [2.05, 4.69) is 72.5 Å². The molecule has 2 bridgehead atoms. The number of benzene rings is 2. The van der Waals surface area contributed by atoms with Gasteiger partial charge in [-0.2, -0.15) is 0 Å². The van der Waals surface area contributed by atoms with Crippen LogP contribution in [-0.2, 0) is 0 Å². The van der Waals surface area contributed by atoms with Crippen LogP contribution in [0.1, 0.15) is 30.4 Å². The molecule has 0 nitrogen and oxygen atoms in total. The number of allylic oxidation sites excluding steroid dienone is 2. The average Bonchev–Trinajstić information content (AvgIpc) is 3.13. The Balaban J connectivity index is 1.73. The first-order chi connectivity index (χ1) is 10.4. The van der Waals surface area contributed by atoms with Crippen LogP contribution in [-0.4, -0.2) is 0 Å². The SMILES string of the molecule is C(#CC12CCC(C=C1c1ccccc1)C2)c1ccccc1. The second-order valence-electron chi connectivity index (χ2n) is 6.15. The maximum absolute atomic E-state index is 3.63. The molecule has 2 unspecified atom stereocenters. The Morgan fingerprint density at radius 3 is 2.33 bits per heavy atom. The molecule has 0 spiro atoms. The van der Waals surface area contributed by atoms with Crippen molar-refractivity contribution in [1.82, 2.24) is 0 Å². The van der Waals surface area contributed by atoms with Crippen LogP contribution in [0, 0.1) is 23.2 Å². The summed E-state index contributed by atoms with van der Waals surface area (Å²) >= 11 is 0. The summed E-state index contributed by atoms with van der Waals surface area (Å²) < 4.78 is 0. The van der Waals surface area contributed by atoms with E-state index in [1.807, 2.05) is 6.07 Å². The molecule has 2 atom stereocenters. The van der Waals surface area contributed by atoms with Gasteiger partial charge >= 0.3 is 0 Å². The highest BCUT2D eigenvalue weighted by atomic mass is 14.5. The van der Waals surface area contributed by atoms with Crippen LogP contribution >= 0.6 is 0 Å². The first-order valence-electron chi connectivity index (χ1n) is 7.72. The smallest absolute Gasteiger partial charge is 0.0575 e. The maximum Gasteiger partial charge on any atom is 0.0575 e. The van der Waals surface area contributed by atoms with E-state index in [-0.39, 0.29) is 5.41 Å². The minimum Gasteiger partial charge on any atom is -0.0862 e. The first kappa shape index (κ1) is 12.5. The fraction of sp³-hybridized carbons (Fsp3) is 0.238. The summed E-state index contributed by atoms with van der Waals surface area (Å²) in [6.07, 6.45) is 6.17. The van der Waals surface area contributed by atoms with Crippen LogP contribution in [0.25, 0.3) is 5.57 Å². The topological polar surface area (TPSA) is 0 Å². The molecule has 2 aliphatic carbocycles. The third-order valence-electron chi connectivity index (χ3n) is 4.78. The summed E-state index contributed by atoms with van der Waals surface area (Å²) in [5, 5.41) is 0. The van der Waals surface area contributed by atoms with Crippen molar-refractivity contribution in [2.45, 2.75) is 19.3 Å². The Bertz CT molecular complexity index is 728. The molecule has 0 N–H and O–H groups in total. The molecule has 0 heteroatoms. The van der Waals surface area contributed by atoms with Crippen LogP contribution in [0.3, 0.4) is 0 Å². The van der Waals surface area contributed by atoms with Gasteiger partial charge in [-0.3, -0.25) is 0 Å². The standard InChI is InChI=1S/C21H18/c1-3-7-17(8-4-1)11-13-21-14-12-18(16-21)15-20(21)19-9-5-2-6-10-19/h1-10,15,18H,12,14,16H2. The Morgan fingerprint density at radius 2 is 1.62 bits per heavy atom. The maximum atomic E-state index is 3.63. The predicted molar refractivity (Wildman–Crippen MR) is 87.5 cm³/mol. The van der Waals surface area contributed by atoms with E-state index < -0.39 is 0 Å². The van der Waals surface area contributed by atoms with Crippen molar-refractivity contribution in [2.75, 3.05) is 0 Å². The molecule has 21 heavy (non-hydrogen) atoms. The molecule has 0 radical (unpaired) electrons. The van der Waals surface area contributed by atoms with Crippen molar-refractivity contribution in [3.63, 3.8) is 0 Å². The fourth-order valence-corrected chi connectivity index (χ4v) is 3.75. The highest BCUT2D eigenvalue weighted by Gasteiger charge is 2.45. The molecule has 2 aliphatic rings. The van der Waals surface area contributed by atoms with Gasteiger partial charge in [0, 0.05) is 5.56 Å². The van der Waals surface area contributed by atoms with Crippen molar-refractivity contribution >= 4 is 5.57 Å². The lowest BCUT2D eigenvalue weighted by molar-refractivity contribution is 0.566. The van der Waals surface area contributed by atoms with Gasteiger partial charge in [0.15, 0.2) is 0 Å². The highest BCUT2D eigenvalue weighted by Crippen LogP contribution is 2.57. The summed E-state index contributed by atoms with van der Waals surface area (Å²) in [6, 6.07) is 21.1. The van der Waals surface area contributed by atoms with E-state index in [0.717, 1.165) is 11.5 Å². The van der Waals surface area contributed by atoms with Gasteiger partial charge in [0.25, 0.3) is 0 Å². The van der Waals surface area contributed by atoms with Crippen molar-refractivity contribution < 1.29 is 0 Å². The van der Waals surface area contributed by atoms with Crippen molar-refractivity contribution in [3.05, 3.63) is 77.9 Å². The minimum absolute atomic E-state index is 0.0852. The van der Waals surface area contributed by atoms with E-state index in [1.165, 1.54) is 30.4 Å². The van der Waals surface area contributed by atoms with Gasteiger partial charge in [-0.25, -0.2) is 0 Å². The zero-order valence-electron chi connectivity index (χ0n) is 12.0. The van der Waals surface area contributed by atoms with Crippen molar-refractivity contribution in [2.24, 2.45) is 11.3 Å². The normalized spacial score (nSPS) is 26.1. The van der Waals surface area contributed by atoms with Crippen LogP contribution in [0.4, 0.5) is 0 Å². The van der Waals surface area contributed by atoms with Gasteiger partial charge in [-0.05, 0) is 48.4 Å². The van der Waals surface area contributed by atoms with Crippen LogP contribution in [0.15, 0.2) is 66.7 Å². The van der Waals surface area contributed by atoms with E-state index in [9.17, 15) is 0 Å². The largest absolute Gasteiger partial charge is 0.0862 e. The van der Waals surface area contributed by atoms with Gasteiger partial charge in [-0.1, -0.05) is 66.4 Å². The molecule has 0 amide bonds. The Kier molecular flexibility index (Phi) is 2.93. The summed E-state index contributed by atoms with van der Waals surface area (Å²) in [6.45, 7) is 0. The number of hydrogen-bond donors (Lipinski definition) is 0. The molecule has 102 valence electrons. The van der Waals surface area contributed by atoms with Crippen molar-refractivity contribution in [3.8, 4) is 11.8 Å². The monoisotopic (exact) mass is 270 g/mol. The third kappa shape index (κ3) is 2.20. The molecule has 2 aromatic carbocycles. The van der Waals surface area contributed by atoms with Gasteiger partial charge in [0.2, 0.25) is 0 Å². The van der Waals surface area contributed by atoms with E-state index >= 15 is 0 Å². The zero-order chi connectivity index (χ0) is 14.1. The van der Waals surface area contributed by atoms with Crippen LogP contribution < -0.4 is 0 Å². The lowest BCUT2D eigenvalue weighted by Crippen LogP contribution is -2.14. The Hall–Kier alpha value is -2.26. The second kappa shape index (κ2) is 4.93. The molecule has 1 saturated carbocycles. The zero-order valence-corrected chi connectivity index (χ0v) is 12.0. The third-order valence-corrected chi connectivity index (χ3v) is 4.78. The summed E-state index contributed by atoms with van der Waals surface area (Å²) in [5.41, 5.74) is 4.02.